The van der Waals surface area contributed by atoms with E-state index in [0.717, 1.165) is 0 Å². The molecule has 1 amide bonds. The summed E-state index contributed by atoms with van der Waals surface area (Å²) >= 11 is 6.32. The quantitative estimate of drug-likeness (QED) is 0.572. The fourth-order valence-electron chi connectivity index (χ4n) is 1.42. The van der Waals surface area contributed by atoms with Crippen LogP contribution in [-0.2, 0) is 14.0 Å². The van der Waals surface area contributed by atoms with Crippen LogP contribution in [0.1, 0.15) is 18.2 Å². The first-order valence-corrected chi connectivity index (χ1v) is 7.87. The number of halogens is 3. The van der Waals surface area contributed by atoms with Crippen LogP contribution >= 0.6 is 42.5 Å². The number of rotatable bonds is 2. The smallest absolute Gasteiger partial charge is 0.324 e. The third-order valence-electron chi connectivity index (χ3n) is 2.12. The number of furan rings is 1. The highest BCUT2D eigenvalue weighted by Crippen LogP contribution is 2.41. The minimum Gasteiger partial charge on any atom is -0.451 e. The SMILES string of the molecule is O=C1CC(c2cc(Br)c(Br)o2)N1S(=O)(=O)Cl. The number of nitrogens with zero attached hydrogens (tertiary/aromatic N) is 1. The third kappa shape index (κ3) is 2.03. The molecule has 1 aliphatic rings. The van der Waals surface area contributed by atoms with E-state index >= 15 is 0 Å². The first-order chi connectivity index (χ1) is 7.30. The van der Waals surface area contributed by atoms with Gasteiger partial charge in [0, 0.05) is 10.7 Å². The average molecular weight is 393 g/mol. The van der Waals surface area contributed by atoms with Crippen molar-refractivity contribution in [1.29, 1.82) is 0 Å². The Bertz CT molecular complexity index is 535. The summed E-state index contributed by atoms with van der Waals surface area (Å²) in [5.41, 5.74) is 0. The van der Waals surface area contributed by atoms with E-state index in [2.05, 4.69) is 31.9 Å². The van der Waals surface area contributed by atoms with Crippen molar-refractivity contribution in [2.45, 2.75) is 12.5 Å². The van der Waals surface area contributed by atoms with Gasteiger partial charge in [-0.1, -0.05) is 0 Å². The molecule has 2 heterocycles. The maximum absolute atomic E-state index is 11.1. The van der Waals surface area contributed by atoms with E-state index in [-0.39, 0.29) is 6.42 Å². The molecule has 16 heavy (non-hydrogen) atoms. The molecule has 1 aromatic rings. The number of hydrogen-bond acceptors (Lipinski definition) is 4. The number of β-lactam (4-membered cyclic amide) rings is 1. The van der Waals surface area contributed by atoms with Crippen LogP contribution < -0.4 is 0 Å². The zero-order chi connectivity index (χ0) is 12.1. The Balaban J connectivity index is 2.34. The van der Waals surface area contributed by atoms with Crippen LogP contribution in [-0.4, -0.2) is 18.6 Å². The molecule has 0 saturated carbocycles. The fourth-order valence-corrected chi connectivity index (χ4v) is 3.34. The van der Waals surface area contributed by atoms with E-state index in [0.29, 0.717) is 19.2 Å². The summed E-state index contributed by atoms with van der Waals surface area (Å²) < 4.78 is 29.1. The molecular formula is C7H4Br2ClNO4S. The molecule has 0 bridgehead atoms. The lowest BCUT2D eigenvalue weighted by atomic mass is 10.0. The summed E-state index contributed by atoms with van der Waals surface area (Å²) in [5.74, 6) is -0.175. The van der Waals surface area contributed by atoms with Crippen molar-refractivity contribution in [2.24, 2.45) is 0 Å². The van der Waals surface area contributed by atoms with E-state index < -0.39 is 21.2 Å². The topological polar surface area (TPSA) is 67.6 Å². The highest BCUT2D eigenvalue weighted by atomic mass is 79.9. The van der Waals surface area contributed by atoms with Gasteiger partial charge >= 0.3 is 9.24 Å². The summed E-state index contributed by atoms with van der Waals surface area (Å²) in [6.07, 6.45) is 0.0678. The first kappa shape index (κ1) is 12.4. The van der Waals surface area contributed by atoms with Gasteiger partial charge in [-0.15, -0.1) is 0 Å². The normalized spacial score (nSPS) is 21.1. The number of hydrogen-bond donors (Lipinski definition) is 0. The van der Waals surface area contributed by atoms with Gasteiger partial charge in [0.2, 0.25) is 5.91 Å². The fraction of sp³-hybridized carbons (Fsp3) is 0.286. The molecule has 1 aliphatic heterocycles. The number of carbonyl (C=O) groups is 1. The van der Waals surface area contributed by atoms with Crippen molar-refractivity contribution in [3.05, 3.63) is 21.0 Å². The monoisotopic (exact) mass is 391 g/mol. The highest BCUT2D eigenvalue weighted by Gasteiger charge is 2.46. The molecule has 88 valence electrons. The van der Waals surface area contributed by atoms with Crippen molar-refractivity contribution in [1.82, 2.24) is 4.31 Å². The van der Waals surface area contributed by atoms with Crippen LogP contribution in [0.2, 0.25) is 0 Å². The second kappa shape index (κ2) is 4.01. The van der Waals surface area contributed by atoms with E-state index in [1.165, 1.54) is 0 Å². The van der Waals surface area contributed by atoms with Gasteiger partial charge in [0.1, 0.15) is 11.8 Å². The van der Waals surface area contributed by atoms with Gasteiger partial charge in [-0.3, -0.25) is 4.79 Å². The molecule has 0 N–H and O–H groups in total. The maximum atomic E-state index is 11.1. The lowest BCUT2D eigenvalue weighted by molar-refractivity contribution is -0.138. The highest BCUT2D eigenvalue weighted by molar-refractivity contribution is 9.13. The first-order valence-electron chi connectivity index (χ1n) is 4.02. The van der Waals surface area contributed by atoms with Crippen LogP contribution in [0.15, 0.2) is 19.6 Å². The Kier molecular flexibility index (Phi) is 3.11. The standard InChI is InChI=1S/C7H4Br2ClNO4S/c8-3-1-5(15-7(3)9)4-2-6(12)11(4)16(10,13)14/h1,4H,2H2. The zero-order valence-electron chi connectivity index (χ0n) is 7.48. The summed E-state index contributed by atoms with van der Waals surface area (Å²) in [5, 5.41) is 0. The predicted molar refractivity (Wildman–Crippen MR) is 63.1 cm³/mol. The Hall–Kier alpha value is -0.0500. The van der Waals surface area contributed by atoms with E-state index in [1.807, 2.05) is 0 Å². The van der Waals surface area contributed by atoms with Crippen LogP contribution in [0.25, 0.3) is 0 Å². The van der Waals surface area contributed by atoms with Crippen molar-refractivity contribution in [3.63, 3.8) is 0 Å². The van der Waals surface area contributed by atoms with E-state index in [1.54, 1.807) is 6.07 Å². The second-order valence-corrected chi connectivity index (χ2v) is 7.08. The third-order valence-corrected chi connectivity index (χ3v) is 5.21. The molecule has 0 radical (unpaired) electrons. The van der Waals surface area contributed by atoms with Gasteiger partial charge in [-0.25, -0.2) is 4.31 Å². The lowest BCUT2D eigenvalue weighted by Crippen LogP contribution is -2.47. The number of amides is 1. The van der Waals surface area contributed by atoms with E-state index in [4.69, 9.17) is 15.1 Å². The van der Waals surface area contributed by atoms with Gasteiger partial charge < -0.3 is 4.42 Å². The molecule has 1 aromatic heterocycles. The van der Waals surface area contributed by atoms with Crippen LogP contribution in [0.5, 0.6) is 0 Å². The van der Waals surface area contributed by atoms with Gasteiger partial charge in [-0.2, -0.15) is 8.42 Å². The Morgan fingerprint density at radius 1 is 1.50 bits per heavy atom. The van der Waals surface area contributed by atoms with Gasteiger partial charge in [0.25, 0.3) is 0 Å². The minimum absolute atomic E-state index is 0.0678. The lowest BCUT2D eigenvalue weighted by Gasteiger charge is -2.35. The minimum atomic E-state index is -4.05. The summed E-state index contributed by atoms with van der Waals surface area (Å²) in [4.78, 5) is 11.1. The van der Waals surface area contributed by atoms with Crippen molar-refractivity contribution < 1.29 is 17.6 Å². The maximum Gasteiger partial charge on any atom is 0.324 e. The summed E-state index contributed by atoms with van der Waals surface area (Å²) in [7, 11) is 1.08. The van der Waals surface area contributed by atoms with Gasteiger partial charge in [0.05, 0.1) is 10.9 Å². The van der Waals surface area contributed by atoms with Gasteiger partial charge in [-0.05, 0) is 37.9 Å². The second-order valence-electron chi connectivity index (χ2n) is 3.12. The molecule has 1 atom stereocenters. The molecule has 0 aliphatic carbocycles. The van der Waals surface area contributed by atoms with Crippen LogP contribution in [0, 0.1) is 0 Å². The molecule has 2 rings (SSSR count). The molecule has 1 unspecified atom stereocenters. The summed E-state index contributed by atoms with van der Waals surface area (Å²) in [6, 6.07) is 0.939. The molecular weight excluding hydrogens is 389 g/mol. The molecule has 9 heteroatoms. The molecule has 0 aromatic carbocycles. The van der Waals surface area contributed by atoms with Crippen molar-refractivity contribution in [3.8, 4) is 0 Å². The molecule has 1 saturated heterocycles. The molecule has 5 nitrogen and oxygen atoms in total. The van der Waals surface area contributed by atoms with E-state index in [9.17, 15) is 13.2 Å². The van der Waals surface area contributed by atoms with Gasteiger partial charge in [0.15, 0.2) is 4.67 Å². The van der Waals surface area contributed by atoms with Crippen LogP contribution in [0.4, 0.5) is 0 Å². The zero-order valence-corrected chi connectivity index (χ0v) is 12.2. The van der Waals surface area contributed by atoms with Crippen molar-refractivity contribution >= 4 is 57.7 Å². The Morgan fingerprint density at radius 2 is 2.12 bits per heavy atom. The number of carbonyl (C=O) groups excluding carboxylic acids is 1. The van der Waals surface area contributed by atoms with Crippen LogP contribution in [0.3, 0.4) is 0 Å². The Morgan fingerprint density at radius 3 is 2.50 bits per heavy atom. The average Bonchev–Trinajstić information content (AvgIpc) is 2.39. The molecule has 1 fully saturated rings. The summed E-state index contributed by atoms with van der Waals surface area (Å²) in [6.45, 7) is 0. The predicted octanol–water partition coefficient (Wildman–Crippen LogP) is 2.56. The molecule has 0 spiro atoms. The Labute approximate surface area is 113 Å². The van der Waals surface area contributed by atoms with Crippen molar-refractivity contribution in [2.75, 3.05) is 0 Å². The largest absolute Gasteiger partial charge is 0.451 e.